The van der Waals surface area contributed by atoms with Crippen LogP contribution >= 0.6 is 0 Å². The van der Waals surface area contributed by atoms with Crippen molar-refractivity contribution in [2.75, 3.05) is 19.0 Å². The minimum atomic E-state index is -0.0712. The summed E-state index contributed by atoms with van der Waals surface area (Å²) in [5.41, 5.74) is 2.13. The minimum absolute atomic E-state index is 0.0712. The predicted molar refractivity (Wildman–Crippen MR) is 82.6 cm³/mol. The number of benzene rings is 1. The highest BCUT2D eigenvalue weighted by Crippen LogP contribution is 2.13. The number of hydrogen-bond donors (Lipinski definition) is 0. The Morgan fingerprint density at radius 3 is 2.35 bits per heavy atom. The molecule has 0 amide bonds. The highest BCUT2D eigenvalue weighted by molar-refractivity contribution is 6.04. The van der Waals surface area contributed by atoms with Crippen molar-refractivity contribution in [2.45, 2.75) is 0 Å². The molecular weight excluding hydrogens is 250 g/mol. The predicted octanol–water partition coefficient (Wildman–Crippen LogP) is 3.64. The Labute approximate surface area is 118 Å². The highest BCUT2D eigenvalue weighted by atomic mass is 16.3. The van der Waals surface area contributed by atoms with Gasteiger partial charge in [-0.05, 0) is 48.1 Å². The number of hydrogen-bond acceptors (Lipinski definition) is 3. The van der Waals surface area contributed by atoms with Gasteiger partial charge in [0.15, 0.2) is 5.78 Å². The molecular formula is C17H17NO2. The molecule has 0 fully saturated rings. The summed E-state index contributed by atoms with van der Waals surface area (Å²) in [5, 5.41) is 0. The van der Waals surface area contributed by atoms with E-state index >= 15 is 0 Å². The van der Waals surface area contributed by atoms with Crippen molar-refractivity contribution in [3.05, 3.63) is 66.1 Å². The second kappa shape index (κ2) is 6.57. The maximum absolute atomic E-state index is 11.7. The van der Waals surface area contributed by atoms with E-state index in [0.29, 0.717) is 5.76 Å². The zero-order chi connectivity index (χ0) is 14.4. The van der Waals surface area contributed by atoms with Crippen LogP contribution in [0.25, 0.3) is 12.2 Å². The van der Waals surface area contributed by atoms with Crippen molar-refractivity contribution in [3.8, 4) is 0 Å². The average molecular weight is 267 g/mol. The summed E-state index contributed by atoms with van der Waals surface area (Å²) < 4.78 is 5.11. The summed E-state index contributed by atoms with van der Waals surface area (Å²) in [5.74, 6) is 0.597. The first kappa shape index (κ1) is 13.9. The molecule has 0 spiro atoms. The molecule has 0 N–H and O–H groups in total. The molecule has 102 valence electrons. The molecule has 0 saturated heterocycles. The summed E-state index contributed by atoms with van der Waals surface area (Å²) in [6.07, 6.45) is 8.07. The number of furan rings is 1. The molecule has 20 heavy (non-hydrogen) atoms. The van der Waals surface area contributed by atoms with Gasteiger partial charge in [-0.3, -0.25) is 4.79 Å². The van der Waals surface area contributed by atoms with Crippen molar-refractivity contribution in [3.63, 3.8) is 0 Å². The van der Waals surface area contributed by atoms with Gasteiger partial charge in [-0.25, -0.2) is 0 Å². The molecule has 2 aromatic rings. The van der Waals surface area contributed by atoms with Gasteiger partial charge in [0.1, 0.15) is 5.76 Å². The number of rotatable bonds is 5. The maximum Gasteiger partial charge on any atom is 0.178 e. The molecule has 0 aliphatic carbocycles. The molecule has 0 aliphatic rings. The number of allylic oxidation sites excluding steroid dienone is 2. The lowest BCUT2D eigenvalue weighted by Crippen LogP contribution is -2.07. The topological polar surface area (TPSA) is 33.5 Å². The van der Waals surface area contributed by atoms with Crippen LogP contribution < -0.4 is 4.90 Å². The lowest BCUT2D eigenvalue weighted by Gasteiger charge is -2.11. The molecule has 0 aliphatic heterocycles. The number of ketones is 1. The fraction of sp³-hybridized carbons (Fsp3) is 0.118. The first-order valence-corrected chi connectivity index (χ1v) is 6.36. The van der Waals surface area contributed by atoms with Crippen molar-refractivity contribution >= 4 is 23.6 Å². The zero-order valence-electron chi connectivity index (χ0n) is 11.6. The van der Waals surface area contributed by atoms with Gasteiger partial charge in [-0.2, -0.15) is 0 Å². The Kier molecular flexibility index (Phi) is 4.56. The molecule has 3 nitrogen and oxygen atoms in total. The fourth-order valence-electron chi connectivity index (χ4n) is 1.67. The molecule has 3 heteroatoms. The van der Waals surface area contributed by atoms with Crippen LogP contribution in [0.1, 0.15) is 11.3 Å². The van der Waals surface area contributed by atoms with Crippen LogP contribution in [0.2, 0.25) is 0 Å². The van der Waals surface area contributed by atoms with Crippen LogP contribution in [0, 0.1) is 0 Å². The summed E-state index contributed by atoms with van der Waals surface area (Å²) in [4.78, 5) is 13.7. The summed E-state index contributed by atoms with van der Waals surface area (Å²) in [7, 11) is 3.99. The van der Waals surface area contributed by atoms with Crippen LogP contribution in [0.3, 0.4) is 0 Å². The molecule has 0 atom stereocenters. The van der Waals surface area contributed by atoms with Gasteiger partial charge in [-0.15, -0.1) is 0 Å². The number of nitrogens with zero attached hydrogens (tertiary/aromatic N) is 1. The third kappa shape index (κ3) is 3.99. The van der Waals surface area contributed by atoms with Crippen LogP contribution in [-0.4, -0.2) is 19.9 Å². The van der Waals surface area contributed by atoms with Gasteiger partial charge in [0, 0.05) is 19.8 Å². The average Bonchev–Trinajstić information content (AvgIpc) is 2.96. The van der Waals surface area contributed by atoms with E-state index in [2.05, 4.69) is 0 Å². The van der Waals surface area contributed by atoms with E-state index in [9.17, 15) is 4.79 Å². The zero-order valence-corrected chi connectivity index (χ0v) is 11.6. The molecule has 0 bridgehead atoms. The Hall–Kier alpha value is -2.55. The SMILES string of the molecule is CN(C)c1ccc(C=CC(=O)C=Cc2ccco2)cc1. The van der Waals surface area contributed by atoms with Crippen LogP contribution in [0.4, 0.5) is 5.69 Å². The lowest BCUT2D eigenvalue weighted by molar-refractivity contribution is -0.110. The van der Waals surface area contributed by atoms with Gasteiger partial charge < -0.3 is 9.32 Å². The molecule has 0 unspecified atom stereocenters. The lowest BCUT2D eigenvalue weighted by atomic mass is 10.1. The first-order chi connectivity index (χ1) is 9.65. The molecule has 0 radical (unpaired) electrons. The Morgan fingerprint density at radius 1 is 1.05 bits per heavy atom. The third-order valence-corrected chi connectivity index (χ3v) is 2.80. The summed E-state index contributed by atoms with van der Waals surface area (Å²) in [6, 6.07) is 11.6. The third-order valence-electron chi connectivity index (χ3n) is 2.80. The van der Waals surface area contributed by atoms with Crippen molar-refractivity contribution in [2.24, 2.45) is 0 Å². The number of carbonyl (C=O) groups is 1. The Morgan fingerprint density at radius 2 is 1.75 bits per heavy atom. The van der Waals surface area contributed by atoms with Gasteiger partial charge in [-0.1, -0.05) is 18.2 Å². The quantitative estimate of drug-likeness (QED) is 0.775. The van der Waals surface area contributed by atoms with E-state index in [1.165, 1.54) is 6.08 Å². The van der Waals surface area contributed by atoms with E-state index in [0.717, 1.165) is 11.3 Å². The monoisotopic (exact) mass is 267 g/mol. The molecule has 1 heterocycles. The highest BCUT2D eigenvalue weighted by Gasteiger charge is 1.95. The minimum Gasteiger partial charge on any atom is -0.465 e. The van der Waals surface area contributed by atoms with E-state index in [4.69, 9.17) is 4.42 Å². The van der Waals surface area contributed by atoms with E-state index in [1.807, 2.05) is 43.3 Å². The molecule has 2 rings (SSSR count). The van der Waals surface area contributed by atoms with Gasteiger partial charge in [0.25, 0.3) is 0 Å². The normalized spacial score (nSPS) is 11.3. The number of carbonyl (C=O) groups excluding carboxylic acids is 1. The van der Waals surface area contributed by atoms with Gasteiger partial charge >= 0.3 is 0 Å². The molecule has 1 aromatic carbocycles. The van der Waals surface area contributed by atoms with Crippen LogP contribution in [0.5, 0.6) is 0 Å². The van der Waals surface area contributed by atoms with E-state index < -0.39 is 0 Å². The van der Waals surface area contributed by atoms with E-state index in [-0.39, 0.29) is 5.78 Å². The largest absolute Gasteiger partial charge is 0.465 e. The Bertz CT molecular complexity index is 605. The van der Waals surface area contributed by atoms with Gasteiger partial charge in [0.05, 0.1) is 6.26 Å². The first-order valence-electron chi connectivity index (χ1n) is 6.36. The summed E-state index contributed by atoms with van der Waals surface area (Å²) in [6.45, 7) is 0. The Balaban J connectivity index is 1.96. The summed E-state index contributed by atoms with van der Waals surface area (Å²) >= 11 is 0. The fourth-order valence-corrected chi connectivity index (χ4v) is 1.67. The second-order valence-corrected chi connectivity index (χ2v) is 4.57. The smallest absolute Gasteiger partial charge is 0.178 e. The molecule has 0 saturated carbocycles. The standard InChI is InChI=1S/C17H17NO2/c1-18(2)15-8-5-14(6-9-15)7-10-16(19)11-12-17-4-3-13-20-17/h3-13H,1-2H3. The van der Waals surface area contributed by atoms with E-state index in [1.54, 1.807) is 36.6 Å². The second-order valence-electron chi connectivity index (χ2n) is 4.57. The van der Waals surface area contributed by atoms with Gasteiger partial charge in [0.2, 0.25) is 0 Å². The van der Waals surface area contributed by atoms with Crippen molar-refractivity contribution in [1.29, 1.82) is 0 Å². The van der Waals surface area contributed by atoms with Crippen LogP contribution in [-0.2, 0) is 4.79 Å². The molecule has 1 aromatic heterocycles. The van der Waals surface area contributed by atoms with Crippen molar-refractivity contribution < 1.29 is 9.21 Å². The van der Waals surface area contributed by atoms with Crippen molar-refractivity contribution in [1.82, 2.24) is 0 Å². The maximum atomic E-state index is 11.7. The number of anilines is 1. The van der Waals surface area contributed by atoms with Crippen LogP contribution in [0.15, 0.2) is 59.2 Å².